The van der Waals surface area contributed by atoms with Crippen molar-refractivity contribution in [2.75, 3.05) is 0 Å². The summed E-state index contributed by atoms with van der Waals surface area (Å²) in [6.07, 6.45) is 6.39. The SMILES string of the molecule is C=C/C(=C\C(=C/C)c1cccc(-n2c3ccccc3c3ccccc32)c1)n1c2ccccc2c2ccccc21. The number of benzene rings is 5. The molecule has 0 N–H and O–H groups in total. The molecule has 0 fully saturated rings. The Bertz CT molecular complexity index is 1990. The van der Waals surface area contributed by atoms with E-state index in [4.69, 9.17) is 0 Å². The summed E-state index contributed by atoms with van der Waals surface area (Å²) in [7, 11) is 0. The highest BCUT2D eigenvalue weighted by atomic mass is 15.0. The summed E-state index contributed by atoms with van der Waals surface area (Å²) >= 11 is 0. The van der Waals surface area contributed by atoms with Gasteiger partial charge in [0.25, 0.3) is 0 Å². The minimum atomic E-state index is 1.04. The minimum Gasteiger partial charge on any atom is -0.309 e. The van der Waals surface area contributed by atoms with E-state index in [1.165, 1.54) is 43.6 Å². The van der Waals surface area contributed by atoms with Gasteiger partial charge in [-0.2, -0.15) is 0 Å². The molecule has 2 aromatic heterocycles. The van der Waals surface area contributed by atoms with Crippen LogP contribution in [0.2, 0.25) is 0 Å². The Morgan fingerprint density at radius 3 is 1.59 bits per heavy atom. The Labute approximate surface area is 228 Å². The van der Waals surface area contributed by atoms with Gasteiger partial charge in [-0.25, -0.2) is 0 Å². The molecule has 39 heavy (non-hydrogen) atoms. The third kappa shape index (κ3) is 3.65. The van der Waals surface area contributed by atoms with Gasteiger partial charge in [0.05, 0.1) is 22.1 Å². The van der Waals surface area contributed by atoms with E-state index >= 15 is 0 Å². The van der Waals surface area contributed by atoms with Gasteiger partial charge in [0.15, 0.2) is 0 Å². The van der Waals surface area contributed by atoms with Crippen molar-refractivity contribution in [3.05, 3.63) is 152 Å². The molecule has 0 radical (unpaired) electrons. The molecule has 0 bridgehead atoms. The first-order valence-electron chi connectivity index (χ1n) is 13.4. The number of fused-ring (bicyclic) bond motifs is 6. The van der Waals surface area contributed by atoms with E-state index in [0.29, 0.717) is 0 Å². The molecule has 186 valence electrons. The fourth-order valence-corrected chi connectivity index (χ4v) is 5.93. The highest BCUT2D eigenvalue weighted by molar-refractivity contribution is 6.11. The van der Waals surface area contributed by atoms with Crippen LogP contribution in [0.15, 0.2) is 146 Å². The number of para-hydroxylation sites is 4. The van der Waals surface area contributed by atoms with Crippen molar-refractivity contribution < 1.29 is 0 Å². The Hall–Kier alpha value is -5.08. The first-order chi connectivity index (χ1) is 19.3. The zero-order valence-electron chi connectivity index (χ0n) is 21.9. The highest BCUT2D eigenvalue weighted by Gasteiger charge is 2.14. The summed E-state index contributed by atoms with van der Waals surface area (Å²) in [5.74, 6) is 0. The fourth-order valence-electron chi connectivity index (χ4n) is 5.93. The zero-order chi connectivity index (χ0) is 26.3. The van der Waals surface area contributed by atoms with E-state index in [1.54, 1.807) is 0 Å². The predicted molar refractivity (Wildman–Crippen MR) is 168 cm³/mol. The van der Waals surface area contributed by atoms with Gasteiger partial charge in [0.2, 0.25) is 0 Å². The second kappa shape index (κ2) is 9.34. The first-order valence-corrected chi connectivity index (χ1v) is 13.4. The molecule has 0 aliphatic heterocycles. The molecule has 7 aromatic rings. The molecular weight excluding hydrogens is 472 g/mol. The van der Waals surface area contributed by atoms with Gasteiger partial charge in [-0.05, 0) is 66.6 Å². The second-order valence-electron chi connectivity index (χ2n) is 9.81. The standard InChI is InChI=1S/C37H28N2/c1-3-26(24-28(4-2)38-34-20-9-5-16-30(34)31-17-6-10-21-35(31)38)27-14-13-15-29(25-27)39-36-22-11-7-18-32(36)33-19-8-12-23-37(33)39/h3-25H,2H2,1H3/b26-3+,28-24+. The predicted octanol–water partition coefficient (Wildman–Crippen LogP) is 10.0. The first kappa shape index (κ1) is 23.1. The van der Waals surface area contributed by atoms with E-state index < -0.39 is 0 Å². The van der Waals surface area contributed by atoms with E-state index in [0.717, 1.165) is 22.5 Å². The number of rotatable bonds is 5. The van der Waals surface area contributed by atoms with Crippen molar-refractivity contribution in [3.8, 4) is 5.69 Å². The van der Waals surface area contributed by atoms with E-state index in [1.807, 2.05) is 6.08 Å². The van der Waals surface area contributed by atoms with Gasteiger partial charge in [-0.15, -0.1) is 0 Å². The Balaban J connectivity index is 1.40. The summed E-state index contributed by atoms with van der Waals surface area (Å²) in [5.41, 5.74) is 9.29. The van der Waals surface area contributed by atoms with Crippen LogP contribution in [0.4, 0.5) is 0 Å². The molecule has 0 atom stereocenters. The maximum Gasteiger partial charge on any atom is 0.0541 e. The van der Waals surface area contributed by atoms with Gasteiger partial charge in [0, 0.05) is 32.9 Å². The normalized spacial score (nSPS) is 12.6. The van der Waals surface area contributed by atoms with E-state index in [9.17, 15) is 0 Å². The molecule has 0 spiro atoms. The summed E-state index contributed by atoms with van der Waals surface area (Å²) in [6, 6.07) is 43.3. The van der Waals surface area contributed by atoms with Crippen LogP contribution in [0.1, 0.15) is 12.5 Å². The van der Waals surface area contributed by atoms with Crippen molar-refractivity contribution in [2.24, 2.45) is 0 Å². The van der Waals surface area contributed by atoms with Gasteiger partial charge in [0.1, 0.15) is 0 Å². The Morgan fingerprint density at radius 2 is 1.08 bits per heavy atom. The molecule has 2 nitrogen and oxygen atoms in total. The van der Waals surface area contributed by atoms with Gasteiger partial charge in [-0.1, -0.05) is 97.6 Å². The molecule has 0 saturated heterocycles. The Kier molecular flexibility index (Phi) is 5.53. The number of aromatic nitrogens is 2. The van der Waals surface area contributed by atoms with Gasteiger partial charge < -0.3 is 9.13 Å². The quantitative estimate of drug-likeness (QED) is 0.208. The van der Waals surface area contributed by atoms with Crippen molar-refractivity contribution in [1.82, 2.24) is 9.13 Å². The van der Waals surface area contributed by atoms with Crippen LogP contribution >= 0.6 is 0 Å². The molecule has 2 heterocycles. The maximum atomic E-state index is 4.22. The van der Waals surface area contributed by atoms with Crippen molar-refractivity contribution in [2.45, 2.75) is 6.92 Å². The third-order valence-corrected chi connectivity index (χ3v) is 7.68. The smallest absolute Gasteiger partial charge is 0.0541 e. The minimum absolute atomic E-state index is 1.04. The van der Waals surface area contributed by atoms with Crippen molar-refractivity contribution >= 4 is 54.9 Å². The number of nitrogens with zero attached hydrogens (tertiary/aromatic N) is 2. The molecule has 0 unspecified atom stereocenters. The summed E-state index contributed by atoms with van der Waals surface area (Å²) in [6.45, 7) is 6.32. The highest BCUT2D eigenvalue weighted by Crippen LogP contribution is 2.35. The van der Waals surface area contributed by atoms with Crippen LogP contribution in [0, 0.1) is 0 Å². The number of hydrogen-bond donors (Lipinski definition) is 0. The average molecular weight is 501 g/mol. The second-order valence-corrected chi connectivity index (χ2v) is 9.81. The molecular formula is C37H28N2. The summed E-state index contributed by atoms with van der Waals surface area (Å²) in [4.78, 5) is 0. The number of allylic oxidation sites excluding steroid dienone is 5. The lowest BCUT2D eigenvalue weighted by Crippen LogP contribution is -1.97. The lowest BCUT2D eigenvalue weighted by Gasteiger charge is -2.13. The number of hydrogen-bond acceptors (Lipinski definition) is 0. The maximum absolute atomic E-state index is 4.22. The van der Waals surface area contributed by atoms with E-state index in [-0.39, 0.29) is 0 Å². The average Bonchev–Trinajstić information content (AvgIpc) is 3.51. The molecule has 0 amide bonds. The molecule has 5 aromatic carbocycles. The summed E-state index contributed by atoms with van der Waals surface area (Å²) < 4.78 is 4.69. The molecule has 0 aliphatic rings. The molecule has 0 aliphatic carbocycles. The Morgan fingerprint density at radius 1 is 0.590 bits per heavy atom. The van der Waals surface area contributed by atoms with Crippen LogP contribution in [0.25, 0.3) is 60.6 Å². The van der Waals surface area contributed by atoms with Gasteiger partial charge >= 0.3 is 0 Å². The van der Waals surface area contributed by atoms with Crippen molar-refractivity contribution in [1.29, 1.82) is 0 Å². The monoisotopic (exact) mass is 500 g/mol. The molecule has 2 heteroatoms. The topological polar surface area (TPSA) is 9.86 Å². The van der Waals surface area contributed by atoms with Crippen LogP contribution < -0.4 is 0 Å². The fraction of sp³-hybridized carbons (Fsp3) is 0.0270. The van der Waals surface area contributed by atoms with Crippen LogP contribution in [-0.4, -0.2) is 9.13 Å². The lowest BCUT2D eigenvalue weighted by molar-refractivity contribution is 1.18. The van der Waals surface area contributed by atoms with E-state index in [2.05, 4.69) is 156 Å². The molecule has 7 rings (SSSR count). The van der Waals surface area contributed by atoms with Crippen LogP contribution in [0.5, 0.6) is 0 Å². The van der Waals surface area contributed by atoms with Crippen molar-refractivity contribution in [3.63, 3.8) is 0 Å². The summed E-state index contributed by atoms with van der Waals surface area (Å²) in [5, 5.41) is 5.03. The van der Waals surface area contributed by atoms with Gasteiger partial charge in [-0.3, -0.25) is 0 Å². The largest absolute Gasteiger partial charge is 0.309 e. The van der Waals surface area contributed by atoms with Crippen LogP contribution in [-0.2, 0) is 0 Å². The molecule has 0 saturated carbocycles. The zero-order valence-corrected chi connectivity index (χ0v) is 21.9. The van der Waals surface area contributed by atoms with Crippen LogP contribution in [0.3, 0.4) is 0 Å². The third-order valence-electron chi connectivity index (χ3n) is 7.68. The lowest BCUT2D eigenvalue weighted by atomic mass is 10.0.